The average molecular weight is 256 g/mol. The third kappa shape index (κ3) is 2.28. The van der Waals surface area contributed by atoms with E-state index in [0.29, 0.717) is 5.92 Å². The summed E-state index contributed by atoms with van der Waals surface area (Å²) in [5, 5.41) is 10.7. The summed E-state index contributed by atoms with van der Waals surface area (Å²) in [5.74, 6) is 0.344. The normalized spacial score (nSPS) is 24.8. The van der Waals surface area contributed by atoms with Crippen molar-refractivity contribution in [1.82, 2.24) is 0 Å². The molecule has 2 heteroatoms. The van der Waals surface area contributed by atoms with Gasteiger partial charge >= 0.3 is 0 Å². The fourth-order valence-electron chi connectivity index (χ4n) is 2.89. The van der Waals surface area contributed by atoms with E-state index in [0.717, 1.165) is 12.0 Å². The standard InChI is InChI=1S/C17H17FO/c1-17(19,13-7-9-14(18)10-8-13)16-11-15(16)12-5-3-2-4-6-12/h2-10,15-16,19H,11H2,1H3. The lowest BCUT2D eigenvalue weighted by molar-refractivity contribution is 0.0308. The summed E-state index contributed by atoms with van der Waals surface area (Å²) in [6, 6.07) is 16.4. The molecule has 0 amide bonds. The summed E-state index contributed by atoms with van der Waals surface area (Å²) in [5.41, 5.74) is 1.17. The molecule has 1 aliphatic rings. The van der Waals surface area contributed by atoms with E-state index in [1.54, 1.807) is 12.1 Å². The van der Waals surface area contributed by atoms with E-state index in [9.17, 15) is 9.50 Å². The van der Waals surface area contributed by atoms with Crippen LogP contribution in [0.5, 0.6) is 0 Å². The smallest absolute Gasteiger partial charge is 0.123 e. The van der Waals surface area contributed by atoms with Crippen LogP contribution in [0.1, 0.15) is 30.4 Å². The molecule has 1 nitrogen and oxygen atoms in total. The average Bonchev–Trinajstić information content (AvgIpc) is 3.21. The molecule has 0 aromatic heterocycles. The minimum Gasteiger partial charge on any atom is -0.385 e. The Morgan fingerprint density at radius 2 is 1.68 bits per heavy atom. The van der Waals surface area contributed by atoms with Gasteiger partial charge in [0, 0.05) is 0 Å². The van der Waals surface area contributed by atoms with Gasteiger partial charge in [-0.25, -0.2) is 4.39 Å². The number of aliphatic hydroxyl groups is 1. The van der Waals surface area contributed by atoms with Crippen LogP contribution in [-0.4, -0.2) is 5.11 Å². The lowest BCUT2D eigenvalue weighted by Crippen LogP contribution is -2.24. The molecular formula is C17H17FO. The zero-order valence-corrected chi connectivity index (χ0v) is 10.9. The summed E-state index contributed by atoms with van der Waals surface area (Å²) < 4.78 is 13.0. The van der Waals surface area contributed by atoms with Crippen LogP contribution in [0.4, 0.5) is 4.39 Å². The van der Waals surface area contributed by atoms with Crippen molar-refractivity contribution in [1.29, 1.82) is 0 Å². The first-order chi connectivity index (χ1) is 9.09. The van der Waals surface area contributed by atoms with Crippen molar-refractivity contribution in [2.75, 3.05) is 0 Å². The first kappa shape index (κ1) is 12.4. The fourth-order valence-corrected chi connectivity index (χ4v) is 2.89. The molecule has 3 unspecified atom stereocenters. The van der Waals surface area contributed by atoms with Crippen molar-refractivity contribution >= 4 is 0 Å². The fraction of sp³-hybridized carbons (Fsp3) is 0.294. The van der Waals surface area contributed by atoms with Crippen LogP contribution in [0, 0.1) is 11.7 Å². The summed E-state index contributed by atoms with van der Waals surface area (Å²) in [4.78, 5) is 0. The third-order valence-corrected chi connectivity index (χ3v) is 4.17. The van der Waals surface area contributed by atoms with E-state index >= 15 is 0 Å². The highest BCUT2D eigenvalue weighted by atomic mass is 19.1. The van der Waals surface area contributed by atoms with Gasteiger partial charge in [0.05, 0.1) is 5.60 Å². The first-order valence-corrected chi connectivity index (χ1v) is 6.62. The van der Waals surface area contributed by atoms with Crippen LogP contribution >= 0.6 is 0 Å². The molecule has 3 atom stereocenters. The van der Waals surface area contributed by atoms with Gasteiger partial charge in [-0.05, 0) is 48.4 Å². The Bertz CT molecular complexity index is 560. The van der Waals surface area contributed by atoms with Crippen molar-refractivity contribution in [3.8, 4) is 0 Å². The second-order valence-corrected chi connectivity index (χ2v) is 5.51. The second-order valence-electron chi connectivity index (χ2n) is 5.51. The van der Waals surface area contributed by atoms with Crippen LogP contribution < -0.4 is 0 Å². The molecule has 2 aromatic rings. The van der Waals surface area contributed by atoms with Gasteiger partial charge in [0.1, 0.15) is 5.82 Å². The van der Waals surface area contributed by atoms with Crippen LogP contribution in [0.25, 0.3) is 0 Å². The van der Waals surface area contributed by atoms with Crippen molar-refractivity contribution in [3.05, 3.63) is 71.5 Å². The van der Waals surface area contributed by atoms with E-state index in [1.165, 1.54) is 17.7 Å². The van der Waals surface area contributed by atoms with Crippen LogP contribution in [-0.2, 0) is 5.60 Å². The van der Waals surface area contributed by atoms with Gasteiger partial charge in [0.25, 0.3) is 0 Å². The molecule has 19 heavy (non-hydrogen) atoms. The van der Waals surface area contributed by atoms with E-state index in [-0.39, 0.29) is 11.7 Å². The van der Waals surface area contributed by atoms with Crippen LogP contribution in [0.2, 0.25) is 0 Å². The van der Waals surface area contributed by atoms with E-state index in [1.807, 2.05) is 25.1 Å². The minimum atomic E-state index is -0.895. The number of benzene rings is 2. The summed E-state index contributed by atoms with van der Waals surface area (Å²) in [6.07, 6.45) is 0.981. The van der Waals surface area contributed by atoms with Gasteiger partial charge in [0.2, 0.25) is 0 Å². The molecule has 3 rings (SSSR count). The molecule has 1 fully saturated rings. The monoisotopic (exact) mass is 256 g/mol. The SMILES string of the molecule is CC(O)(c1ccc(F)cc1)C1CC1c1ccccc1. The van der Waals surface area contributed by atoms with Gasteiger partial charge in [0.15, 0.2) is 0 Å². The Hall–Kier alpha value is -1.67. The lowest BCUT2D eigenvalue weighted by atomic mass is 9.89. The lowest BCUT2D eigenvalue weighted by Gasteiger charge is -2.24. The molecular weight excluding hydrogens is 239 g/mol. The van der Waals surface area contributed by atoms with Crippen molar-refractivity contribution < 1.29 is 9.50 Å². The minimum absolute atomic E-state index is 0.209. The molecule has 2 aromatic carbocycles. The quantitative estimate of drug-likeness (QED) is 0.884. The van der Waals surface area contributed by atoms with Gasteiger partial charge in [-0.3, -0.25) is 0 Å². The van der Waals surface area contributed by atoms with Gasteiger partial charge in [-0.1, -0.05) is 42.5 Å². The Labute approximate surface area is 112 Å². The van der Waals surface area contributed by atoms with Gasteiger partial charge < -0.3 is 5.11 Å². The highest BCUT2D eigenvalue weighted by molar-refractivity contribution is 5.32. The van der Waals surface area contributed by atoms with Crippen molar-refractivity contribution in [2.24, 2.45) is 5.92 Å². The summed E-state index contributed by atoms with van der Waals surface area (Å²) >= 11 is 0. The molecule has 1 N–H and O–H groups in total. The highest BCUT2D eigenvalue weighted by Gasteiger charge is 2.50. The number of halogens is 1. The molecule has 0 spiro atoms. The number of hydrogen-bond acceptors (Lipinski definition) is 1. The van der Waals surface area contributed by atoms with Gasteiger partial charge in [-0.15, -0.1) is 0 Å². The largest absolute Gasteiger partial charge is 0.385 e. The molecule has 0 radical (unpaired) electrons. The maximum absolute atomic E-state index is 13.0. The zero-order chi connectivity index (χ0) is 13.5. The van der Waals surface area contributed by atoms with E-state index in [2.05, 4.69) is 12.1 Å². The predicted octanol–water partition coefficient (Wildman–Crippen LogP) is 3.84. The third-order valence-electron chi connectivity index (χ3n) is 4.17. The highest BCUT2D eigenvalue weighted by Crippen LogP contribution is 2.56. The van der Waals surface area contributed by atoms with Crippen LogP contribution in [0.15, 0.2) is 54.6 Å². The van der Waals surface area contributed by atoms with Crippen molar-refractivity contribution in [3.63, 3.8) is 0 Å². The molecule has 98 valence electrons. The molecule has 0 aliphatic heterocycles. The number of rotatable bonds is 3. The van der Waals surface area contributed by atoms with Crippen LogP contribution in [0.3, 0.4) is 0 Å². The Kier molecular flexibility index (Phi) is 2.90. The number of hydrogen-bond donors (Lipinski definition) is 1. The zero-order valence-electron chi connectivity index (χ0n) is 10.9. The van der Waals surface area contributed by atoms with Crippen molar-refractivity contribution in [2.45, 2.75) is 24.9 Å². The second kappa shape index (κ2) is 4.46. The molecule has 0 bridgehead atoms. The topological polar surface area (TPSA) is 20.2 Å². The molecule has 0 saturated heterocycles. The summed E-state index contributed by atoms with van der Waals surface area (Å²) in [7, 11) is 0. The molecule has 1 aliphatic carbocycles. The van der Waals surface area contributed by atoms with Gasteiger partial charge in [-0.2, -0.15) is 0 Å². The maximum atomic E-state index is 13.0. The molecule has 0 heterocycles. The van der Waals surface area contributed by atoms with E-state index in [4.69, 9.17) is 0 Å². The predicted molar refractivity (Wildman–Crippen MR) is 73.3 cm³/mol. The summed E-state index contributed by atoms with van der Waals surface area (Å²) in [6.45, 7) is 1.83. The Balaban J connectivity index is 1.82. The Morgan fingerprint density at radius 3 is 2.32 bits per heavy atom. The van der Waals surface area contributed by atoms with E-state index < -0.39 is 5.60 Å². The molecule has 1 saturated carbocycles. The first-order valence-electron chi connectivity index (χ1n) is 6.62. The maximum Gasteiger partial charge on any atom is 0.123 e. The Morgan fingerprint density at radius 1 is 1.05 bits per heavy atom.